The molecule has 128 valence electrons. The number of hydrogen-bond donors (Lipinski definition) is 3. The van der Waals surface area contributed by atoms with Crippen LogP contribution in [0, 0.1) is 11.3 Å². The van der Waals surface area contributed by atoms with E-state index in [4.69, 9.17) is 10.4 Å². The minimum absolute atomic E-state index is 0.181. The monoisotopic (exact) mass is 343 g/mol. The van der Waals surface area contributed by atoms with Crippen LogP contribution < -0.4 is 10.6 Å². The fraction of sp³-hybridized carbons (Fsp3) is 0.286. The van der Waals surface area contributed by atoms with Gasteiger partial charge in [0.25, 0.3) is 0 Å². The molecular formula is C14H12F3N3O4. The number of aliphatic carboxylic acids is 1. The lowest BCUT2D eigenvalue weighted by Crippen LogP contribution is -2.48. The van der Waals surface area contributed by atoms with Crippen LogP contribution in [0.2, 0.25) is 0 Å². The molecule has 1 rings (SSSR count). The molecule has 0 saturated carbocycles. The van der Waals surface area contributed by atoms with E-state index in [9.17, 15) is 27.6 Å². The average molecular weight is 343 g/mol. The van der Waals surface area contributed by atoms with Gasteiger partial charge in [0.15, 0.2) is 0 Å². The summed E-state index contributed by atoms with van der Waals surface area (Å²) in [7, 11) is 0. The number of carbonyl (C=O) groups is 3. The third-order valence-electron chi connectivity index (χ3n) is 2.81. The van der Waals surface area contributed by atoms with Gasteiger partial charge in [-0.3, -0.25) is 14.4 Å². The number of nitrogens with zero attached hydrogens (tertiary/aromatic N) is 1. The Balaban J connectivity index is 2.83. The highest BCUT2D eigenvalue weighted by molar-refractivity contribution is 5.98. The molecule has 1 aromatic carbocycles. The number of hydrogen-bond acceptors (Lipinski definition) is 4. The van der Waals surface area contributed by atoms with E-state index >= 15 is 0 Å². The van der Waals surface area contributed by atoms with Crippen molar-refractivity contribution >= 4 is 23.5 Å². The highest BCUT2D eigenvalue weighted by Gasteiger charge is 2.40. The first-order valence-corrected chi connectivity index (χ1v) is 6.54. The van der Waals surface area contributed by atoms with Crippen molar-refractivity contribution in [1.82, 2.24) is 5.32 Å². The Morgan fingerprint density at radius 2 is 1.79 bits per heavy atom. The molecule has 10 heteroatoms. The molecule has 0 aliphatic carbocycles. The standard InChI is InChI=1S/C14H12F3N3O4/c15-14(16,17)13(24)20-10(5-6-11(21)22)12(23)19-9-3-1-8(7-18)2-4-9/h1-4,10H,5-6H2,(H,19,23)(H,20,24)(H,21,22)/t10-/m0/s1. The van der Waals surface area contributed by atoms with Crippen LogP contribution in [0.5, 0.6) is 0 Å². The number of anilines is 1. The van der Waals surface area contributed by atoms with Gasteiger partial charge in [-0.25, -0.2) is 0 Å². The predicted octanol–water partition coefficient (Wildman–Crippen LogP) is 1.41. The minimum Gasteiger partial charge on any atom is -0.481 e. The number of benzene rings is 1. The number of halogens is 3. The Morgan fingerprint density at radius 1 is 1.21 bits per heavy atom. The van der Waals surface area contributed by atoms with E-state index in [1.54, 1.807) is 0 Å². The molecule has 1 atom stereocenters. The van der Waals surface area contributed by atoms with E-state index in [-0.39, 0.29) is 5.69 Å². The molecule has 0 aromatic heterocycles. The fourth-order valence-corrected chi connectivity index (χ4v) is 1.63. The third kappa shape index (κ3) is 5.96. The molecule has 0 radical (unpaired) electrons. The summed E-state index contributed by atoms with van der Waals surface area (Å²) in [4.78, 5) is 33.5. The lowest BCUT2D eigenvalue weighted by Gasteiger charge is -2.18. The van der Waals surface area contributed by atoms with Gasteiger partial charge < -0.3 is 15.7 Å². The molecular weight excluding hydrogens is 331 g/mol. The predicted molar refractivity (Wildman–Crippen MR) is 74.6 cm³/mol. The van der Waals surface area contributed by atoms with Crippen LogP contribution in [0.4, 0.5) is 18.9 Å². The molecule has 7 nitrogen and oxygen atoms in total. The Hall–Kier alpha value is -3.09. The maximum atomic E-state index is 12.3. The topological polar surface area (TPSA) is 119 Å². The number of amides is 2. The first kappa shape index (κ1) is 19.0. The number of nitriles is 1. The van der Waals surface area contributed by atoms with Gasteiger partial charge in [0.2, 0.25) is 5.91 Å². The third-order valence-corrected chi connectivity index (χ3v) is 2.81. The van der Waals surface area contributed by atoms with Crippen LogP contribution in [-0.2, 0) is 14.4 Å². The summed E-state index contributed by atoms with van der Waals surface area (Å²) in [6.07, 6.45) is -6.32. The second-order valence-electron chi connectivity index (χ2n) is 4.63. The summed E-state index contributed by atoms with van der Waals surface area (Å²) in [5, 5.41) is 21.0. The van der Waals surface area contributed by atoms with Crippen LogP contribution in [0.3, 0.4) is 0 Å². The van der Waals surface area contributed by atoms with Gasteiger partial charge in [0.1, 0.15) is 6.04 Å². The second kappa shape index (κ2) is 7.96. The van der Waals surface area contributed by atoms with Gasteiger partial charge >= 0.3 is 18.1 Å². The van der Waals surface area contributed by atoms with Crippen molar-refractivity contribution < 1.29 is 32.7 Å². The van der Waals surface area contributed by atoms with Crippen LogP contribution >= 0.6 is 0 Å². The molecule has 3 N–H and O–H groups in total. The minimum atomic E-state index is -5.20. The zero-order valence-electron chi connectivity index (χ0n) is 12.1. The zero-order chi connectivity index (χ0) is 18.3. The fourth-order valence-electron chi connectivity index (χ4n) is 1.63. The summed E-state index contributed by atoms with van der Waals surface area (Å²) in [5.41, 5.74) is 0.487. The van der Waals surface area contributed by atoms with Crippen molar-refractivity contribution in [2.45, 2.75) is 25.1 Å². The SMILES string of the molecule is N#Cc1ccc(NC(=O)[C@H](CCC(=O)O)NC(=O)C(F)(F)F)cc1. The largest absolute Gasteiger partial charge is 0.481 e. The number of carboxylic acids is 1. The molecule has 1 aromatic rings. The van der Waals surface area contributed by atoms with Crippen molar-refractivity contribution in [2.24, 2.45) is 0 Å². The molecule has 0 heterocycles. The second-order valence-corrected chi connectivity index (χ2v) is 4.63. The van der Waals surface area contributed by atoms with Gasteiger partial charge in [-0.05, 0) is 30.7 Å². The molecule has 0 saturated heterocycles. The maximum Gasteiger partial charge on any atom is 0.471 e. The van der Waals surface area contributed by atoms with Crippen molar-refractivity contribution in [3.8, 4) is 6.07 Å². The Bertz CT molecular complexity index is 665. The van der Waals surface area contributed by atoms with Crippen LogP contribution in [0.15, 0.2) is 24.3 Å². The van der Waals surface area contributed by atoms with E-state index in [1.165, 1.54) is 29.6 Å². The number of carbonyl (C=O) groups excluding carboxylic acids is 2. The van der Waals surface area contributed by atoms with E-state index < -0.39 is 42.8 Å². The molecule has 0 aliphatic heterocycles. The van der Waals surface area contributed by atoms with Gasteiger partial charge in [-0.15, -0.1) is 0 Å². The summed E-state index contributed by atoms with van der Waals surface area (Å²) in [5.74, 6) is -4.67. The molecule has 24 heavy (non-hydrogen) atoms. The summed E-state index contributed by atoms with van der Waals surface area (Å²) >= 11 is 0. The summed E-state index contributed by atoms with van der Waals surface area (Å²) in [6, 6.07) is 5.60. The van der Waals surface area contributed by atoms with Crippen LogP contribution in [-0.4, -0.2) is 35.1 Å². The van der Waals surface area contributed by atoms with Gasteiger partial charge in [0, 0.05) is 12.1 Å². The Kier molecular flexibility index (Phi) is 6.29. The number of rotatable bonds is 6. The van der Waals surface area contributed by atoms with E-state index in [1.807, 2.05) is 6.07 Å². The lowest BCUT2D eigenvalue weighted by atomic mass is 10.1. The lowest BCUT2D eigenvalue weighted by molar-refractivity contribution is -0.174. The quantitative estimate of drug-likeness (QED) is 0.721. The Morgan fingerprint density at radius 3 is 2.25 bits per heavy atom. The molecule has 0 bridgehead atoms. The molecule has 0 aliphatic rings. The first-order chi connectivity index (χ1) is 11.1. The van der Waals surface area contributed by atoms with Crippen LogP contribution in [0.25, 0.3) is 0 Å². The van der Waals surface area contributed by atoms with Crippen LogP contribution in [0.1, 0.15) is 18.4 Å². The zero-order valence-corrected chi connectivity index (χ0v) is 12.1. The van der Waals surface area contributed by atoms with Gasteiger partial charge in [-0.1, -0.05) is 0 Å². The average Bonchev–Trinajstić information content (AvgIpc) is 2.50. The van der Waals surface area contributed by atoms with Crippen molar-refractivity contribution in [2.75, 3.05) is 5.32 Å². The number of nitrogens with one attached hydrogen (secondary N) is 2. The normalized spacial score (nSPS) is 11.9. The Labute approximate surface area is 134 Å². The van der Waals surface area contributed by atoms with Gasteiger partial charge in [-0.2, -0.15) is 18.4 Å². The molecule has 0 unspecified atom stereocenters. The van der Waals surface area contributed by atoms with E-state index in [0.717, 1.165) is 0 Å². The first-order valence-electron chi connectivity index (χ1n) is 6.54. The van der Waals surface area contributed by atoms with Crippen molar-refractivity contribution in [3.63, 3.8) is 0 Å². The summed E-state index contributed by atoms with van der Waals surface area (Å²) in [6.45, 7) is 0. The smallest absolute Gasteiger partial charge is 0.471 e. The van der Waals surface area contributed by atoms with Gasteiger partial charge in [0.05, 0.1) is 11.6 Å². The summed E-state index contributed by atoms with van der Waals surface area (Å²) < 4.78 is 36.9. The van der Waals surface area contributed by atoms with E-state index in [2.05, 4.69) is 5.32 Å². The highest BCUT2D eigenvalue weighted by atomic mass is 19.4. The van der Waals surface area contributed by atoms with Crippen molar-refractivity contribution in [1.29, 1.82) is 5.26 Å². The van der Waals surface area contributed by atoms with E-state index in [0.29, 0.717) is 5.56 Å². The maximum absolute atomic E-state index is 12.3. The molecule has 0 spiro atoms. The highest BCUT2D eigenvalue weighted by Crippen LogP contribution is 2.16. The molecule has 2 amide bonds. The number of alkyl halides is 3. The number of carboxylic acid groups (broad SMARTS) is 1. The molecule has 0 fully saturated rings. The van der Waals surface area contributed by atoms with Crippen molar-refractivity contribution in [3.05, 3.63) is 29.8 Å².